The molecular formula is C21H30ClN3O2. The van der Waals surface area contributed by atoms with E-state index in [4.69, 9.17) is 11.6 Å². The lowest BCUT2D eigenvalue weighted by Crippen LogP contribution is -2.51. The fraction of sp³-hybridized carbons (Fsp3) is 0.619. The van der Waals surface area contributed by atoms with Crippen LogP contribution in [0, 0.1) is 5.92 Å². The highest BCUT2D eigenvalue weighted by Gasteiger charge is 2.41. The highest BCUT2D eigenvalue weighted by Crippen LogP contribution is 2.39. The van der Waals surface area contributed by atoms with Gasteiger partial charge in [-0.1, -0.05) is 17.7 Å². The van der Waals surface area contributed by atoms with Crippen molar-refractivity contribution in [2.24, 2.45) is 5.92 Å². The molecule has 3 rings (SSSR count). The summed E-state index contributed by atoms with van der Waals surface area (Å²) in [4.78, 5) is 27.1. The molecule has 2 saturated heterocycles. The molecule has 2 fully saturated rings. The number of carbonyl (C=O) groups excluding carboxylic acids is 2. The number of rotatable bonds is 5. The summed E-state index contributed by atoms with van der Waals surface area (Å²) < 4.78 is 0. The molecule has 0 aliphatic carbocycles. The first kappa shape index (κ1) is 20.2. The van der Waals surface area contributed by atoms with Crippen molar-refractivity contribution in [2.75, 3.05) is 11.9 Å². The maximum absolute atomic E-state index is 12.4. The van der Waals surface area contributed by atoms with Gasteiger partial charge in [-0.25, -0.2) is 0 Å². The van der Waals surface area contributed by atoms with Gasteiger partial charge in [0, 0.05) is 34.8 Å². The van der Waals surface area contributed by atoms with Crippen LogP contribution >= 0.6 is 11.6 Å². The molecule has 0 radical (unpaired) electrons. The number of nitrogens with zero attached hydrogens (tertiary/aromatic N) is 1. The van der Waals surface area contributed by atoms with E-state index in [1.165, 1.54) is 0 Å². The summed E-state index contributed by atoms with van der Waals surface area (Å²) in [6.07, 6.45) is 4.76. The number of hydrogen-bond acceptors (Lipinski definition) is 3. The molecule has 2 heterocycles. The normalized spacial score (nSPS) is 25.3. The van der Waals surface area contributed by atoms with Gasteiger partial charge in [0.2, 0.25) is 11.8 Å². The Hall–Kier alpha value is -1.59. The molecule has 2 unspecified atom stereocenters. The molecule has 148 valence electrons. The monoisotopic (exact) mass is 391 g/mol. The zero-order chi connectivity index (χ0) is 19.6. The zero-order valence-electron chi connectivity index (χ0n) is 16.4. The van der Waals surface area contributed by atoms with E-state index in [0.717, 1.165) is 31.4 Å². The van der Waals surface area contributed by atoms with Gasteiger partial charge in [-0.3, -0.25) is 14.5 Å². The van der Waals surface area contributed by atoms with Gasteiger partial charge in [-0.2, -0.15) is 0 Å². The van der Waals surface area contributed by atoms with E-state index in [1.807, 2.05) is 32.9 Å². The Balaban J connectivity index is 1.51. The van der Waals surface area contributed by atoms with Gasteiger partial charge >= 0.3 is 0 Å². The number of nitrogens with one attached hydrogen (secondary N) is 2. The first-order valence-corrected chi connectivity index (χ1v) is 10.2. The summed E-state index contributed by atoms with van der Waals surface area (Å²) in [5.74, 6) is 0.515. The lowest BCUT2D eigenvalue weighted by Gasteiger charge is -2.38. The second kappa shape index (κ2) is 8.19. The van der Waals surface area contributed by atoms with E-state index < -0.39 is 0 Å². The minimum Gasteiger partial charge on any atom is -0.350 e. The number of carbonyl (C=O) groups is 2. The van der Waals surface area contributed by atoms with E-state index in [9.17, 15) is 9.59 Å². The number of fused-ring (bicyclic) bond motifs is 2. The number of halogens is 1. The summed E-state index contributed by atoms with van der Waals surface area (Å²) in [6.45, 7) is 6.48. The summed E-state index contributed by atoms with van der Waals surface area (Å²) in [6, 6.07) is 8.07. The second-order valence-corrected chi connectivity index (χ2v) is 9.39. The Morgan fingerprint density at radius 2 is 1.81 bits per heavy atom. The number of anilines is 1. The van der Waals surface area contributed by atoms with Crippen molar-refractivity contribution in [2.45, 2.75) is 70.5 Å². The highest BCUT2D eigenvalue weighted by molar-refractivity contribution is 6.30. The van der Waals surface area contributed by atoms with Gasteiger partial charge in [0.15, 0.2) is 0 Å². The average Bonchev–Trinajstić information content (AvgIpc) is 2.75. The number of amides is 2. The lowest BCUT2D eigenvalue weighted by atomic mass is 9.88. The minimum absolute atomic E-state index is 0.0422. The van der Waals surface area contributed by atoms with Crippen molar-refractivity contribution >= 4 is 29.1 Å². The molecule has 1 aromatic carbocycles. The molecule has 2 aliphatic heterocycles. The van der Waals surface area contributed by atoms with Crippen LogP contribution in [0.3, 0.4) is 0 Å². The molecule has 2 aliphatic rings. The van der Waals surface area contributed by atoms with Crippen molar-refractivity contribution in [3.8, 4) is 0 Å². The van der Waals surface area contributed by atoms with Crippen LogP contribution in [0.15, 0.2) is 24.3 Å². The Labute approximate surface area is 166 Å². The average molecular weight is 392 g/mol. The first-order chi connectivity index (χ1) is 12.7. The topological polar surface area (TPSA) is 61.4 Å². The standard InChI is InChI=1S/C21H30ClN3O2/c1-21(2,3)24-20(27)13-25-17-7-8-18(25)10-14(9-17)11-19(26)23-16-6-4-5-15(22)12-16/h4-6,12,14,17-18H,7-11,13H2,1-3H3,(H,23,26)(H,24,27). The predicted molar refractivity (Wildman–Crippen MR) is 109 cm³/mol. The van der Waals surface area contributed by atoms with Crippen LogP contribution in [0.25, 0.3) is 0 Å². The molecule has 6 heteroatoms. The third kappa shape index (κ3) is 5.69. The molecule has 0 saturated carbocycles. The maximum Gasteiger partial charge on any atom is 0.234 e. The predicted octanol–water partition coefficient (Wildman–Crippen LogP) is 3.83. The van der Waals surface area contributed by atoms with Crippen LogP contribution in [0.2, 0.25) is 5.02 Å². The molecule has 2 amide bonds. The summed E-state index contributed by atoms with van der Waals surface area (Å²) >= 11 is 5.97. The summed E-state index contributed by atoms with van der Waals surface area (Å²) in [5, 5.41) is 6.62. The largest absolute Gasteiger partial charge is 0.350 e. The van der Waals surface area contributed by atoms with Gasteiger partial charge in [-0.05, 0) is 70.6 Å². The van der Waals surface area contributed by atoms with Crippen LogP contribution in [0.1, 0.15) is 52.9 Å². The van der Waals surface area contributed by atoms with Gasteiger partial charge in [-0.15, -0.1) is 0 Å². The molecule has 1 aromatic rings. The van der Waals surface area contributed by atoms with E-state index in [2.05, 4.69) is 15.5 Å². The first-order valence-electron chi connectivity index (χ1n) is 9.82. The number of piperidine rings is 1. The highest BCUT2D eigenvalue weighted by atomic mass is 35.5. The van der Waals surface area contributed by atoms with Crippen molar-refractivity contribution < 1.29 is 9.59 Å². The molecule has 27 heavy (non-hydrogen) atoms. The molecular weight excluding hydrogens is 362 g/mol. The smallest absolute Gasteiger partial charge is 0.234 e. The summed E-state index contributed by atoms with van der Waals surface area (Å²) in [7, 11) is 0. The van der Waals surface area contributed by atoms with Gasteiger partial charge in [0.05, 0.1) is 6.54 Å². The minimum atomic E-state index is -0.202. The SMILES string of the molecule is CC(C)(C)NC(=O)CN1C2CCC1CC(CC(=O)Nc1cccc(Cl)c1)C2. The van der Waals surface area contributed by atoms with E-state index in [-0.39, 0.29) is 17.4 Å². The quantitative estimate of drug-likeness (QED) is 0.801. The molecule has 2 N–H and O–H groups in total. The Kier molecular flexibility index (Phi) is 6.11. The second-order valence-electron chi connectivity index (χ2n) is 8.96. The van der Waals surface area contributed by atoms with E-state index in [1.54, 1.807) is 12.1 Å². The van der Waals surface area contributed by atoms with Crippen molar-refractivity contribution in [1.29, 1.82) is 0 Å². The molecule has 2 bridgehead atoms. The molecule has 0 spiro atoms. The Bertz CT molecular complexity index is 687. The van der Waals surface area contributed by atoms with Gasteiger partial charge < -0.3 is 10.6 Å². The fourth-order valence-corrected chi connectivity index (χ4v) is 4.67. The fourth-order valence-electron chi connectivity index (χ4n) is 4.48. The van der Waals surface area contributed by atoms with Crippen molar-refractivity contribution in [1.82, 2.24) is 10.2 Å². The van der Waals surface area contributed by atoms with Crippen molar-refractivity contribution in [3.63, 3.8) is 0 Å². The number of hydrogen-bond donors (Lipinski definition) is 2. The van der Waals surface area contributed by atoms with Gasteiger partial charge in [0.1, 0.15) is 0 Å². The molecule has 0 aromatic heterocycles. The Morgan fingerprint density at radius 1 is 1.15 bits per heavy atom. The molecule has 5 nitrogen and oxygen atoms in total. The Morgan fingerprint density at radius 3 is 2.41 bits per heavy atom. The third-order valence-electron chi connectivity index (χ3n) is 5.41. The maximum atomic E-state index is 12.4. The van der Waals surface area contributed by atoms with Gasteiger partial charge in [0.25, 0.3) is 0 Å². The molecule has 2 atom stereocenters. The van der Waals surface area contributed by atoms with Crippen LogP contribution in [0.4, 0.5) is 5.69 Å². The van der Waals surface area contributed by atoms with Crippen LogP contribution in [0.5, 0.6) is 0 Å². The van der Waals surface area contributed by atoms with Crippen LogP contribution in [-0.2, 0) is 9.59 Å². The van der Waals surface area contributed by atoms with Crippen LogP contribution < -0.4 is 10.6 Å². The lowest BCUT2D eigenvalue weighted by molar-refractivity contribution is -0.125. The summed E-state index contributed by atoms with van der Waals surface area (Å²) in [5.41, 5.74) is 0.541. The van der Waals surface area contributed by atoms with E-state index >= 15 is 0 Å². The number of benzene rings is 1. The third-order valence-corrected chi connectivity index (χ3v) is 5.64. The van der Waals surface area contributed by atoms with E-state index in [0.29, 0.717) is 36.0 Å². The zero-order valence-corrected chi connectivity index (χ0v) is 17.2. The van der Waals surface area contributed by atoms with Crippen LogP contribution in [-0.4, -0.2) is 40.9 Å². The van der Waals surface area contributed by atoms with Crippen molar-refractivity contribution in [3.05, 3.63) is 29.3 Å².